The number of ether oxygens (including phenoxy) is 3. The van der Waals surface area contributed by atoms with Crippen LogP contribution >= 0.6 is 0 Å². The molecule has 0 bridgehead atoms. The van der Waals surface area contributed by atoms with Gasteiger partial charge in [0.15, 0.2) is 0 Å². The first kappa shape index (κ1) is 19.0. The Hall–Kier alpha value is -3.29. The average molecular weight is 360 g/mol. The molecule has 1 amide bonds. The summed E-state index contributed by atoms with van der Waals surface area (Å²) in [5.74, 6) is 1.27. The van der Waals surface area contributed by atoms with Gasteiger partial charge in [0.05, 0.1) is 31.3 Å². The van der Waals surface area contributed by atoms with Gasteiger partial charge in [-0.15, -0.1) is 0 Å². The van der Waals surface area contributed by atoms with E-state index < -0.39 is 4.92 Å². The normalized spacial score (nSPS) is 10.1. The van der Waals surface area contributed by atoms with Crippen molar-refractivity contribution in [2.24, 2.45) is 0 Å². The van der Waals surface area contributed by atoms with Gasteiger partial charge in [-0.05, 0) is 30.3 Å². The van der Waals surface area contributed by atoms with E-state index in [1.54, 1.807) is 38.4 Å². The smallest absolute Gasteiger partial charge is 0.270 e. The monoisotopic (exact) mass is 360 g/mol. The number of hydrogen-bond donors (Lipinski definition) is 0. The summed E-state index contributed by atoms with van der Waals surface area (Å²) in [5.41, 5.74) is -0.0364. The molecular formula is C18H20N2O6. The minimum Gasteiger partial charge on any atom is -0.497 e. The fraction of sp³-hybridized carbons (Fsp3) is 0.278. The molecule has 0 aliphatic rings. The molecule has 8 nitrogen and oxygen atoms in total. The third-order valence-electron chi connectivity index (χ3n) is 3.73. The maximum Gasteiger partial charge on any atom is 0.270 e. The Morgan fingerprint density at radius 2 is 1.73 bits per heavy atom. The van der Waals surface area contributed by atoms with Crippen LogP contribution in [0.1, 0.15) is 10.4 Å². The summed E-state index contributed by atoms with van der Waals surface area (Å²) in [6.45, 7) is 0.572. The lowest BCUT2D eigenvalue weighted by atomic mass is 10.1. The summed E-state index contributed by atoms with van der Waals surface area (Å²) in [7, 11) is 4.58. The van der Waals surface area contributed by atoms with Gasteiger partial charge < -0.3 is 19.1 Å². The van der Waals surface area contributed by atoms with Crippen molar-refractivity contribution in [1.82, 2.24) is 4.90 Å². The van der Waals surface area contributed by atoms with Crippen molar-refractivity contribution in [2.75, 3.05) is 34.4 Å². The molecule has 0 saturated carbocycles. The van der Waals surface area contributed by atoms with Gasteiger partial charge in [-0.3, -0.25) is 14.9 Å². The Labute approximate surface area is 151 Å². The van der Waals surface area contributed by atoms with Gasteiger partial charge in [-0.25, -0.2) is 0 Å². The lowest BCUT2D eigenvalue weighted by Crippen LogP contribution is -2.31. The van der Waals surface area contributed by atoms with E-state index in [1.165, 1.54) is 30.2 Å². The van der Waals surface area contributed by atoms with Crippen molar-refractivity contribution in [3.05, 3.63) is 58.1 Å². The van der Waals surface area contributed by atoms with Crippen LogP contribution in [0.2, 0.25) is 0 Å². The molecule has 0 fully saturated rings. The van der Waals surface area contributed by atoms with Crippen LogP contribution < -0.4 is 14.2 Å². The number of nitrogens with zero attached hydrogens (tertiary/aromatic N) is 2. The molecule has 0 radical (unpaired) electrons. The number of nitro benzene ring substituents is 1. The highest BCUT2D eigenvalue weighted by atomic mass is 16.6. The van der Waals surface area contributed by atoms with E-state index >= 15 is 0 Å². The van der Waals surface area contributed by atoms with E-state index in [0.29, 0.717) is 12.3 Å². The molecule has 0 saturated heterocycles. The predicted octanol–water partition coefficient (Wildman–Crippen LogP) is 2.76. The highest BCUT2D eigenvalue weighted by Gasteiger charge is 2.20. The SMILES string of the molecule is COc1ccc(OCCN(C)C(=O)c2cc([N+](=O)[O-])ccc2OC)cc1. The summed E-state index contributed by atoms with van der Waals surface area (Å²) in [6.07, 6.45) is 0. The van der Waals surface area contributed by atoms with Gasteiger partial charge in [0.2, 0.25) is 0 Å². The van der Waals surface area contributed by atoms with E-state index in [-0.39, 0.29) is 29.5 Å². The number of amides is 1. The van der Waals surface area contributed by atoms with Gasteiger partial charge in [-0.1, -0.05) is 0 Å². The molecule has 26 heavy (non-hydrogen) atoms. The second-order valence-corrected chi connectivity index (χ2v) is 5.39. The zero-order valence-electron chi connectivity index (χ0n) is 14.8. The standard InChI is InChI=1S/C18H20N2O6/c1-19(10-11-26-15-7-5-14(24-2)6-8-15)18(21)16-12-13(20(22)23)4-9-17(16)25-3/h4-9,12H,10-11H2,1-3H3. The van der Waals surface area contributed by atoms with Crippen molar-refractivity contribution < 1.29 is 23.9 Å². The third kappa shape index (κ3) is 4.62. The third-order valence-corrected chi connectivity index (χ3v) is 3.73. The second-order valence-electron chi connectivity index (χ2n) is 5.39. The van der Waals surface area contributed by atoms with Crippen LogP contribution in [0.3, 0.4) is 0 Å². The minimum atomic E-state index is -0.553. The number of likely N-dealkylation sites (N-methyl/N-ethyl adjacent to an activating group) is 1. The van der Waals surface area contributed by atoms with Crippen molar-refractivity contribution >= 4 is 11.6 Å². The maximum atomic E-state index is 12.6. The zero-order valence-corrected chi connectivity index (χ0v) is 14.8. The van der Waals surface area contributed by atoms with Crippen LogP contribution in [0.25, 0.3) is 0 Å². The van der Waals surface area contributed by atoms with E-state index in [1.807, 2.05) is 0 Å². The molecule has 138 valence electrons. The number of benzene rings is 2. The summed E-state index contributed by atoms with van der Waals surface area (Å²) in [6, 6.07) is 11.0. The Morgan fingerprint density at radius 3 is 2.31 bits per heavy atom. The molecule has 0 heterocycles. The summed E-state index contributed by atoms with van der Waals surface area (Å²) in [4.78, 5) is 24.4. The van der Waals surface area contributed by atoms with Gasteiger partial charge in [-0.2, -0.15) is 0 Å². The molecular weight excluding hydrogens is 340 g/mol. The molecule has 0 N–H and O–H groups in total. The van der Waals surface area contributed by atoms with Crippen molar-refractivity contribution in [2.45, 2.75) is 0 Å². The molecule has 2 aromatic carbocycles. The molecule has 2 rings (SSSR count). The van der Waals surface area contributed by atoms with E-state index in [4.69, 9.17) is 14.2 Å². The number of methoxy groups -OCH3 is 2. The number of carbonyl (C=O) groups excluding carboxylic acids is 1. The lowest BCUT2D eigenvalue weighted by Gasteiger charge is -2.19. The second kappa shape index (κ2) is 8.70. The zero-order chi connectivity index (χ0) is 19.1. The highest BCUT2D eigenvalue weighted by Crippen LogP contribution is 2.25. The number of hydrogen-bond acceptors (Lipinski definition) is 6. The van der Waals surface area contributed by atoms with Crippen LogP contribution in [0, 0.1) is 10.1 Å². The molecule has 0 atom stereocenters. The van der Waals surface area contributed by atoms with E-state index in [9.17, 15) is 14.9 Å². The fourth-order valence-electron chi connectivity index (χ4n) is 2.26. The quantitative estimate of drug-likeness (QED) is 0.531. The largest absolute Gasteiger partial charge is 0.497 e. The topological polar surface area (TPSA) is 91.1 Å². The molecule has 0 aliphatic heterocycles. The van der Waals surface area contributed by atoms with Crippen LogP contribution in [0.4, 0.5) is 5.69 Å². The first-order valence-corrected chi connectivity index (χ1v) is 7.81. The van der Waals surface area contributed by atoms with E-state index in [0.717, 1.165) is 5.75 Å². The summed E-state index contributed by atoms with van der Waals surface area (Å²) in [5, 5.41) is 10.9. The van der Waals surface area contributed by atoms with Crippen LogP contribution in [-0.2, 0) is 0 Å². The van der Waals surface area contributed by atoms with Crippen molar-refractivity contribution in [1.29, 1.82) is 0 Å². The molecule has 0 aliphatic carbocycles. The average Bonchev–Trinajstić information content (AvgIpc) is 2.67. The van der Waals surface area contributed by atoms with Crippen LogP contribution in [-0.4, -0.2) is 50.1 Å². The van der Waals surface area contributed by atoms with Crippen LogP contribution in [0.5, 0.6) is 17.2 Å². The van der Waals surface area contributed by atoms with Gasteiger partial charge >= 0.3 is 0 Å². The number of non-ortho nitro benzene ring substituents is 1. The van der Waals surface area contributed by atoms with Crippen molar-refractivity contribution in [3.63, 3.8) is 0 Å². The first-order chi connectivity index (χ1) is 12.5. The Morgan fingerprint density at radius 1 is 1.08 bits per heavy atom. The highest BCUT2D eigenvalue weighted by molar-refractivity contribution is 5.97. The number of carbonyl (C=O) groups is 1. The van der Waals surface area contributed by atoms with Crippen LogP contribution in [0.15, 0.2) is 42.5 Å². The molecule has 8 heteroatoms. The van der Waals surface area contributed by atoms with E-state index in [2.05, 4.69) is 0 Å². The Balaban J connectivity index is 2.00. The number of rotatable bonds is 8. The minimum absolute atomic E-state index is 0.133. The maximum absolute atomic E-state index is 12.6. The van der Waals surface area contributed by atoms with Gasteiger partial charge in [0.25, 0.3) is 11.6 Å². The first-order valence-electron chi connectivity index (χ1n) is 7.81. The predicted molar refractivity (Wildman–Crippen MR) is 95.1 cm³/mol. The molecule has 0 unspecified atom stereocenters. The molecule has 0 spiro atoms. The lowest BCUT2D eigenvalue weighted by molar-refractivity contribution is -0.384. The van der Waals surface area contributed by atoms with Crippen molar-refractivity contribution in [3.8, 4) is 17.2 Å². The molecule has 0 aromatic heterocycles. The Bertz CT molecular complexity index is 776. The van der Waals surface area contributed by atoms with Gasteiger partial charge in [0.1, 0.15) is 23.9 Å². The number of nitro groups is 1. The Kier molecular flexibility index (Phi) is 6.37. The molecule has 2 aromatic rings. The summed E-state index contributed by atoms with van der Waals surface area (Å²) >= 11 is 0. The fourth-order valence-corrected chi connectivity index (χ4v) is 2.26. The van der Waals surface area contributed by atoms with Gasteiger partial charge in [0, 0.05) is 19.2 Å². The summed E-state index contributed by atoms with van der Waals surface area (Å²) < 4.78 is 15.8.